The van der Waals surface area contributed by atoms with Crippen molar-refractivity contribution in [1.29, 1.82) is 0 Å². The number of amides is 1. The summed E-state index contributed by atoms with van der Waals surface area (Å²) in [6, 6.07) is 28.6. The maximum Gasteiger partial charge on any atom is 0.278 e. The summed E-state index contributed by atoms with van der Waals surface area (Å²) in [6.45, 7) is 2.28. The van der Waals surface area contributed by atoms with Gasteiger partial charge in [0.15, 0.2) is 11.5 Å². The van der Waals surface area contributed by atoms with Gasteiger partial charge in [-0.05, 0) is 36.6 Å². The summed E-state index contributed by atoms with van der Waals surface area (Å²) in [7, 11) is 0. The zero-order valence-electron chi connectivity index (χ0n) is 20.3. The van der Waals surface area contributed by atoms with E-state index in [0.29, 0.717) is 47.3 Å². The first kappa shape index (κ1) is 22.7. The molecule has 1 N–H and O–H groups in total. The highest BCUT2D eigenvalue weighted by Gasteiger charge is 2.30. The number of carbonyl (C=O) groups is 1. The minimum Gasteiger partial charge on any atom is -0.490 e. The summed E-state index contributed by atoms with van der Waals surface area (Å²) in [5.41, 5.74) is 2.52. The maximum atomic E-state index is 13.7. The summed E-state index contributed by atoms with van der Waals surface area (Å²) < 4.78 is 15.2. The second kappa shape index (κ2) is 9.35. The van der Waals surface area contributed by atoms with Gasteiger partial charge < -0.3 is 14.8 Å². The molecule has 0 saturated carbocycles. The van der Waals surface area contributed by atoms with E-state index in [1.54, 1.807) is 4.68 Å². The van der Waals surface area contributed by atoms with Crippen molar-refractivity contribution in [3.8, 4) is 23.1 Å². The largest absolute Gasteiger partial charge is 0.490 e. The van der Waals surface area contributed by atoms with E-state index in [1.165, 1.54) is 4.68 Å². The average Bonchev–Trinajstić information content (AvgIpc) is 3.18. The van der Waals surface area contributed by atoms with Crippen LogP contribution in [-0.4, -0.2) is 21.9 Å². The van der Waals surface area contributed by atoms with E-state index >= 15 is 0 Å². The Balaban J connectivity index is 1.43. The van der Waals surface area contributed by atoms with E-state index in [9.17, 15) is 9.59 Å². The lowest BCUT2D eigenvalue weighted by molar-refractivity contribution is -0.117. The zero-order valence-corrected chi connectivity index (χ0v) is 20.3. The number of nitrogens with zero attached hydrogens (tertiary/aromatic N) is 2. The van der Waals surface area contributed by atoms with Crippen molar-refractivity contribution in [3.63, 3.8) is 0 Å². The van der Waals surface area contributed by atoms with Crippen molar-refractivity contribution in [2.75, 3.05) is 11.9 Å². The van der Waals surface area contributed by atoms with Gasteiger partial charge in [0.1, 0.15) is 6.54 Å². The van der Waals surface area contributed by atoms with Crippen LogP contribution in [-0.2, 0) is 17.8 Å². The number of rotatable bonds is 6. The number of hydrogen-bond acceptors (Lipinski definition) is 4. The van der Waals surface area contributed by atoms with Crippen LogP contribution in [0.5, 0.6) is 17.4 Å². The van der Waals surface area contributed by atoms with Gasteiger partial charge in [-0.15, -0.1) is 0 Å². The quantitative estimate of drug-likeness (QED) is 0.333. The van der Waals surface area contributed by atoms with Crippen LogP contribution in [0.1, 0.15) is 18.1 Å². The van der Waals surface area contributed by atoms with Crippen molar-refractivity contribution >= 4 is 22.4 Å². The van der Waals surface area contributed by atoms with Crippen molar-refractivity contribution in [2.24, 2.45) is 0 Å². The van der Waals surface area contributed by atoms with Gasteiger partial charge >= 0.3 is 0 Å². The van der Waals surface area contributed by atoms with Gasteiger partial charge in [0.25, 0.3) is 5.56 Å². The monoisotopic (exact) mass is 491 g/mol. The van der Waals surface area contributed by atoms with Crippen molar-refractivity contribution in [3.05, 3.63) is 112 Å². The molecular weight excluding hydrogens is 466 g/mol. The number of hydrogen-bond donors (Lipinski definition) is 1. The number of ether oxygens (including phenoxy) is 2. The number of nitrogens with one attached hydrogen (secondary N) is 1. The lowest BCUT2D eigenvalue weighted by atomic mass is 10.0. The van der Waals surface area contributed by atoms with Crippen LogP contribution >= 0.6 is 0 Å². The molecule has 184 valence electrons. The molecule has 1 aromatic heterocycles. The van der Waals surface area contributed by atoms with Crippen LogP contribution in [0.2, 0.25) is 0 Å². The molecule has 0 bridgehead atoms. The molecular formula is C30H25N3O4. The number of aromatic nitrogens is 2. The fourth-order valence-corrected chi connectivity index (χ4v) is 4.84. The zero-order chi connectivity index (χ0) is 25.4. The number of benzene rings is 4. The average molecular weight is 492 g/mol. The number of carbonyl (C=O) groups excluding carboxylic acids is 1. The Morgan fingerprint density at radius 1 is 0.946 bits per heavy atom. The molecule has 0 fully saturated rings. The molecule has 6 rings (SSSR count). The standard InChI is InChI=1S/C30H25N3O4/c1-2-36-26-17-9-12-21-18-24-29(35)33(22-13-4-3-5-14-22)32(30(24)37-28(21)26)19-27(34)31-25-16-8-11-20-10-6-7-15-23(20)25/h3-17H,2,18-19H2,1H3,(H,31,34). The third-order valence-corrected chi connectivity index (χ3v) is 6.47. The Labute approximate surface area is 213 Å². The molecule has 0 saturated heterocycles. The molecule has 37 heavy (non-hydrogen) atoms. The fourth-order valence-electron chi connectivity index (χ4n) is 4.84. The summed E-state index contributed by atoms with van der Waals surface area (Å²) in [5.74, 6) is 1.26. The highest BCUT2D eigenvalue weighted by molar-refractivity contribution is 6.02. The molecule has 7 nitrogen and oxygen atoms in total. The van der Waals surface area contributed by atoms with Gasteiger partial charge in [0.2, 0.25) is 11.8 Å². The highest BCUT2D eigenvalue weighted by Crippen LogP contribution is 2.42. The Bertz CT molecular complexity index is 1680. The molecule has 0 spiro atoms. The maximum absolute atomic E-state index is 13.7. The second-order valence-corrected chi connectivity index (χ2v) is 8.82. The van der Waals surface area contributed by atoms with Gasteiger partial charge in [-0.1, -0.05) is 66.7 Å². The van der Waals surface area contributed by atoms with E-state index in [1.807, 2.05) is 97.9 Å². The Kier molecular flexibility index (Phi) is 5.73. The van der Waals surface area contributed by atoms with Crippen LogP contribution in [0.25, 0.3) is 16.5 Å². The van der Waals surface area contributed by atoms with Gasteiger partial charge in [0.05, 0.1) is 17.9 Å². The van der Waals surface area contributed by atoms with Crippen LogP contribution in [0.4, 0.5) is 5.69 Å². The van der Waals surface area contributed by atoms with Crippen molar-refractivity contribution in [1.82, 2.24) is 9.36 Å². The molecule has 0 atom stereocenters. The van der Waals surface area contributed by atoms with Gasteiger partial charge in [-0.2, -0.15) is 0 Å². The summed E-state index contributed by atoms with van der Waals surface area (Å²) in [6.07, 6.45) is 0.384. The Morgan fingerprint density at radius 2 is 1.70 bits per heavy atom. The van der Waals surface area contributed by atoms with Crippen LogP contribution < -0.4 is 20.3 Å². The molecule has 1 aliphatic rings. The van der Waals surface area contributed by atoms with E-state index in [4.69, 9.17) is 9.47 Å². The molecule has 0 radical (unpaired) electrons. The predicted molar refractivity (Wildman–Crippen MR) is 143 cm³/mol. The first-order valence-electron chi connectivity index (χ1n) is 12.2. The SMILES string of the molecule is CCOc1cccc2c1Oc1c(c(=O)n(-c3ccccc3)n1CC(=O)Nc1cccc3ccccc13)C2. The van der Waals surface area contributed by atoms with Gasteiger partial charge in [-0.25, -0.2) is 9.36 Å². The van der Waals surface area contributed by atoms with Crippen molar-refractivity contribution < 1.29 is 14.3 Å². The lowest BCUT2D eigenvalue weighted by Gasteiger charge is -2.21. The molecule has 1 aliphatic heterocycles. The number of fused-ring (bicyclic) bond motifs is 3. The molecule has 0 aliphatic carbocycles. The minimum absolute atomic E-state index is 0.116. The lowest BCUT2D eigenvalue weighted by Crippen LogP contribution is -2.27. The summed E-state index contributed by atoms with van der Waals surface area (Å²) in [5, 5.41) is 5.00. The normalized spacial score (nSPS) is 11.9. The van der Waals surface area contributed by atoms with E-state index in [0.717, 1.165) is 16.3 Å². The van der Waals surface area contributed by atoms with Crippen LogP contribution in [0.15, 0.2) is 95.8 Å². The Morgan fingerprint density at radius 3 is 2.54 bits per heavy atom. The van der Waals surface area contributed by atoms with Crippen LogP contribution in [0.3, 0.4) is 0 Å². The number of para-hydroxylation sites is 2. The van der Waals surface area contributed by atoms with E-state index in [-0.39, 0.29) is 18.0 Å². The topological polar surface area (TPSA) is 74.5 Å². The van der Waals surface area contributed by atoms with Crippen LogP contribution in [0, 0.1) is 0 Å². The molecule has 5 aromatic rings. The predicted octanol–water partition coefficient (Wildman–Crippen LogP) is 5.53. The molecule has 7 heteroatoms. The smallest absolute Gasteiger partial charge is 0.278 e. The first-order chi connectivity index (χ1) is 18.1. The molecule has 0 unspecified atom stereocenters. The van der Waals surface area contributed by atoms with Gasteiger partial charge in [-0.3, -0.25) is 9.59 Å². The second-order valence-electron chi connectivity index (χ2n) is 8.82. The number of anilines is 1. The van der Waals surface area contributed by atoms with E-state index in [2.05, 4.69) is 5.32 Å². The highest BCUT2D eigenvalue weighted by atomic mass is 16.5. The molecule has 4 aromatic carbocycles. The third kappa shape index (κ3) is 4.04. The Hall–Kier alpha value is -4.78. The summed E-state index contributed by atoms with van der Waals surface area (Å²) in [4.78, 5) is 27.1. The minimum atomic E-state index is -0.272. The molecule has 2 heterocycles. The fraction of sp³-hybridized carbons (Fsp3) is 0.133. The van der Waals surface area contributed by atoms with Crippen molar-refractivity contribution in [2.45, 2.75) is 19.9 Å². The van der Waals surface area contributed by atoms with Gasteiger partial charge in [0, 0.05) is 23.1 Å². The third-order valence-electron chi connectivity index (χ3n) is 6.47. The molecule has 1 amide bonds. The van der Waals surface area contributed by atoms with E-state index < -0.39 is 0 Å². The first-order valence-corrected chi connectivity index (χ1v) is 12.2. The summed E-state index contributed by atoms with van der Waals surface area (Å²) >= 11 is 0.